The molecule has 0 radical (unpaired) electrons. The Balaban J connectivity index is 0.00000176. The number of nitrogens with zero attached hydrogens (tertiary/aromatic N) is 1. The lowest BCUT2D eigenvalue weighted by atomic mass is 10.1. The van der Waals surface area contributed by atoms with Crippen LogP contribution in [0, 0.1) is 0 Å². The van der Waals surface area contributed by atoms with Crippen molar-refractivity contribution in [2.75, 3.05) is 0 Å². The first kappa shape index (κ1) is 15.8. The number of rotatable bonds is 2. The molecular formula is C17H15ClN2O2. The lowest BCUT2D eigenvalue weighted by Gasteiger charge is -2.04. The summed E-state index contributed by atoms with van der Waals surface area (Å²) in [5.41, 5.74) is 7.51. The standard InChI is InChI=1S/C17H14N2O2.ClH/c1-11(18)19-13-7-8-16-14(9-13)15(20)10-17(21-16)12-5-3-2-4-6-12;/h2-10H,1H3,(H2,18,19);1H. The molecule has 0 saturated carbocycles. The summed E-state index contributed by atoms with van der Waals surface area (Å²) < 4.78 is 5.81. The van der Waals surface area contributed by atoms with Gasteiger partial charge in [-0.1, -0.05) is 30.3 Å². The third-order valence-corrected chi connectivity index (χ3v) is 3.07. The second kappa shape index (κ2) is 6.45. The van der Waals surface area contributed by atoms with Gasteiger partial charge >= 0.3 is 0 Å². The predicted molar refractivity (Wildman–Crippen MR) is 92.1 cm³/mol. The van der Waals surface area contributed by atoms with E-state index in [4.69, 9.17) is 10.2 Å². The molecule has 112 valence electrons. The van der Waals surface area contributed by atoms with Crippen molar-refractivity contribution < 1.29 is 4.42 Å². The van der Waals surface area contributed by atoms with Crippen LogP contribution >= 0.6 is 12.4 Å². The molecule has 2 N–H and O–H groups in total. The summed E-state index contributed by atoms with van der Waals surface area (Å²) in [6, 6.07) is 16.2. The number of halogens is 1. The molecule has 0 bridgehead atoms. The van der Waals surface area contributed by atoms with Crippen molar-refractivity contribution in [1.82, 2.24) is 0 Å². The molecule has 5 heteroatoms. The van der Waals surface area contributed by atoms with E-state index < -0.39 is 0 Å². The first-order valence-electron chi connectivity index (χ1n) is 6.57. The molecule has 2 aromatic carbocycles. The molecule has 1 aromatic heterocycles. The molecule has 0 spiro atoms. The molecule has 4 nitrogen and oxygen atoms in total. The molecule has 0 aliphatic carbocycles. The van der Waals surface area contributed by atoms with Crippen LogP contribution in [0.25, 0.3) is 22.3 Å². The largest absolute Gasteiger partial charge is 0.456 e. The van der Waals surface area contributed by atoms with Crippen LogP contribution in [0.15, 0.2) is 68.8 Å². The van der Waals surface area contributed by atoms with E-state index in [0.29, 0.717) is 28.3 Å². The number of hydrogen-bond donors (Lipinski definition) is 1. The minimum absolute atomic E-state index is 0. The second-order valence-corrected chi connectivity index (χ2v) is 4.77. The van der Waals surface area contributed by atoms with Crippen LogP contribution in [0.4, 0.5) is 5.69 Å². The Labute approximate surface area is 133 Å². The van der Waals surface area contributed by atoms with Gasteiger partial charge in [-0.25, -0.2) is 4.99 Å². The summed E-state index contributed by atoms with van der Waals surface area (Å²) in [5, 5.41) is 0.497. The minimum atomic E-state index is -0.0955. The number of hydrogen-bond acceptors (Lipinski definition) is 3. The van der Waals surface area contributed by atoms with E-state index in [1.807, 2.05) is 30.3 Å². The highest BCUT2D eigenvalue weighted by Gasteiger charge is 2.07. The third-order valence-electron chi connectivity index (χ3n) is 3.07. The molecule has 22 heavy (non-hydrogen) atoms. The fourth-order valence-corrected chi connectivity index (χ4v) is 2.16. The van der Waals surface area contributed by atoms with Crippen LogP contribution in [0.5, 0.6) is 0 Å². The number of benzene rings is 2. The summed E-state index contributed by atoms with van der Waals surface area (Å²) in [4.78, 5) is 16.4. The van der Waals surface area contributed by atoms with Gasteiger partial charge in [-0.05, 0) is 25.1 Å². The zero-order valence-corrected chi connectivity index (χ0v) is 12.8. The van der Waals surface area contributed by atoms with Crippen LogP contribution in [0.1, 0.15) is 6.92 Å². The molecule has 3 rings (SSSR count). The zero-order chi connectivity index (χ0) is 14.8. The lowest BCUT2D eigenvalue weighted by Crippen LogP contribution is -2.04. The van der Waals surface area contributed by atoms with Gasteiger partial charge in [-0.15, -0.1) is 12.4 Å². The van der Waals surface area contributed by atoms with Crippen molar-refractivity contribution >= 4 is 34.9 Å². The van der Waals surface area contributed by atoms with Crippen molar-refractivity contribution in [2.45, 2.75) is 6.92 Å². The number of aliphatic imine (C=N–C) groups is 1. The van der Waals surface area contributed by atoms with E-state index >= 15 is 0 Å². The molecular weight excluding hydrogens is 300 g/mol. The SMILES string of the molecule is CC(N)=Nc1ccc2oc(-c3ccccc3)cc(=O)c2c1.Cl. The summed E-state index contributed by atoms with van der Waals surface area (Å²) in [5.74, 6) is 0.999. The predicted octanol–water partition coefficient (Wildman–Crippen LogP) is 3.89. The first-order valence-corrected chi connectivity index (χ1v) is 6.57. The Morgan fingerprint density at radius 1 is 1.09 bits per heavy atom. The van der Waals surface area contributed by atoms with Crippen LogP contribution in [-0.4, -0.2) is 5.84 Å². The maximum atomic E-state index is 12.3. The highest BCUT2D eigenvalue weighted by atomic mass is 35.5. The van der Waals surface area contributed by atoms with E-state index in [9.17, 15) is 4.79 Å². The minimum Gasteiger partial charge on any atom is -0.456 e. The van der Waals surface area contributed by atoms with Gasteiger partial charge in [0.05, 0.1) is 16.9 Å². The molecule has 0 saturated heterocycles. The average molecular weight is 315 g/mol. The summed E-state index contributed by atoms with van der Waals surface area (Å²) in [7, 11) is 0. The van der Waals surface area contributed by atoms with Crippen LogP contribution in [-0.2, 0) is 0 Å². The fourth-order valence-electron chi connectivity index (χ4n) is 2.16. The molecule has 0 atom stereocenters. The topological polar surface area (TPSA) is 68.6 Å². The van der Waals surface area contributed by atoms with Gasteiger partial charge in [0.15, 0.2) is 5.43 Å². The lowest BCUT2D eigenvalue weighted by molar-refractivity contribution is 0.619. The highest BCUT2D eigenvalue weighted by Crippen LogP contribution is 2.24. The highest BCUT2D eigenvalue weighted by molar-refractivity contribution is 5.86. The first-order chi connectivity index (χ1) is 10.1. The van der Waals surface area contributed by atoms with Crippen molar-refractivity contribution in [3.63, 3.8) is 0 Å². The van der Waals surface area contributed by atoms with E-state index in [0.717, 1.165) is 5.56 Å². The third kappa shape index (κ3) is 3.18. The quantitative estimate of drug-likeness (QED) is 0.576. The Morgan fingerprint density at radius 2 is 1.82 bits per heavy atom. The molecule has 0 unspecified atom stereocenters. The molecule has 3 aromatic rings. The van der Waals surface area contributed by atoms with Crippen molar-refractivity contribution in [2.24, 2.45) is 10.7 Å². The number of nitrogens with two attached hydrogens (primary N) is 1. The fraction of sp³-hybridized carbons (Fsp3) is 0.0588. The van der Waals surface area contributed by atoms with Crippen LogP contribution in [0.3, 0.4) is 0 Å². The smallest absolute Gasteiger partial charge is 0.193 e. The van der Waals surface area contributed by atoms with Gasteiger partial charge < -0.3 is 10.2 Å². The number of amidine groups is 1. The summed E-state index contributed by atoms with van der Waals surface area (Å²) >= 11 is 0. The van der Waals surface area contributed by atoms with Crippen molar-refractivity contribution in [1.29, 1.82) is 0 Å². The Hall–Kier alpha value is -2.59. The molecule has 0 aliphatic rings. The Kier molecular flexibility index (Phi) is 4.63. The van der Waals surface area contributed by atoms with Crippen LogP contribution in [0.2, 0.25) is 0 Å². The number of fused-ring (bicyclic) bond motifs is 1. The Bertz CT molecular complexity index is 882. The zero-order valence-electron chi connectivity index (χ0n) is 11.9. The van der Waals surface area contributed by atoms with E-state index in [1.165, 1.54) is 6.07 Å². The van der Waals surface area contributed by atoms with Crippen LogP contribution < -0.4 is 11.2 Å². The van der Waals surface area contributed by atoms with E-state index in [2.05, 4.69) is 4.99 Å². The molecule has 0 aliphatic heterocycles. The van der Waals surface area contributed by atoms with E-state index in [-0.39, 0.29) is 17.8 Å². The maximum absolute atomic E-state index is 12.3. The van der Waals surface area contributed by atoms with Gasteiger partial charge in [-0.2, -0.15) is 0 Å². The molecule has 0 fully saturated rings. The summed E-state index contributed by atoms with van der Waals surface area (Å²) in [6.07, 6.45) is 0. The normalized spacial score (nSPS) is 11.2. The summed E-state index contributed by atoms with van der Waals surface area (Å²) in [6.45, 7) is 1.70. The second-order valence-electron chi connectivity index (χ2n) is 4.77. The van der Waals surface area contributed by atoms with Crippen molar-refractivity contribution in [3.05, 3.63) is 64.8 Å². The van der Waals surface area contributed by atoms with Gasteiger partial charge in [-0.3, -0.25) is 4.79 Å². The van der Waals surface area contributed by atoms with Gasteiger partial charge in [0.25, 0.3) is 0 Å². The van der Waals surface area contributed by atoms with Gasteiger partial charge in [0.2, 0.25) is 0 Å². The van der Waals surface area contributed by atoms with Gasteiger partial charge in [0, 0.05) is 11.6 Å². The van der Waals surface area contributed by atoms with Crippen molar-refractivity contribution in [3.8, 4) is 11.3 Å². The monoisotopic (exact) mass is 314 g/mol. The molecule has 1 heterocycles. The van der Waals surface area contributed by atoms with E-state index in [1.54, 1.807) is 25.1 Å². The van der Waals surface area contributed by atoms with Gasteiger partial charge in [0.1, 0.15) is 11.3 Å². The average Bonchev–Trinajstić information content (AvgIpc) is 2.48. The Morgan fingerprint density at radius 3 is 2.50 bits per heavy atom. The maximum Gasteiger partial charge on any atom is 0.193 e. The molecule has 0 amide bonds.